The van der Waals surface area contributed by atoms with Crippen LogP contribution in [0.3, 0.4) is 0 Å². The summed E-state index contributed by atoms with van der Waals surface area (Å²) in [6, 6.07) is 2.98. The topological polar surface area (TPSA) is 84.3 Å². The molecule has 92 valence electrons. The van der Waals surface area contributed by atoms with Crippen LogP contribution in [-0.4, -0.2) is 30.2 Å². The highest BCUT2D eigenvalue weighted by Gasteiger charge is 2.29. The van der Waals surface area contributed by atoms with Crippen molar-refractivity contribution < 1.29 is 18.3 Å². The molecule has 1 fully saturated rings. The van der Waals surface area contributed by atoms with Gasteiger partial charge in [-0.15, -0.1) is 0 Å². The second-order valence-corrected chi connectivity index (χ2v) is 6.31. The van der Waals surface area contributed by atoms with Gasteiger partial charge in [-0.05, 0) is 25.0 Å². The van der Waals surface area contributed by atoms with E-state index in [9.17, 15) is 13.2 Å². The highest BCUT2D eigenvalue weighted by Crippen LogP contribution is 2.39. The second kappa shape index (κ2) is 4.10. The fraction of sp³-hybridized carbons (Fsp3) is 0.455. The number of rotatable bonds is 4. The summed E-state index contributed by atoms with van der Waals surface area (Å²) in [4.78, 5) is 14.8. The second-order valence-electron chi connectivity index (χ2n) is 4.07. The van der Waals surface area contributed by atoms with Gasteiger partial charge in [0.05, 0.1) is 5.75 Å². The molecule has 1 saturated carbocycles. The predicted molar refractivity (Wildman–Crippen MR) is 60.9 cm³/mol. The molecule has 2 rings (SSSR count). The summed E-state index contributed by atoms with van der Waals surface area (Å²) in [7, 11) is -3.54. The zero-order chi connectivity index (χ0) is 12.6. The van der Waals surface area contributed by atoms with E-state index in [1.807, 2.05) is 0 Å². The summed E-state index contributed by atoms with van der Waals surface area (Å²) in [5, 5.41) is 9.02. The van der Waals surface area contributed by atoms with E-state index in [-0.39, 0.29) is 16.3 Å². The van der Waals surface area contributed by atoms with Gasteiger partial charge in [-0.2, -0.15) is 0 Å². The molecule has 1 aromatic heterocycles. The van der Waals surface area contributed by atoms with Crippen molar-refractivity contribution in [3.8, 4) is 0 Å². The smallest absolute Gasteiger partial charge is 0.355 e. The molecule has 1 aliphatic carbocycles. The van der Waals surface area contributed by atoms with Crippen LogP contribution in [0.4, 0.5) is 0 Å². The summed E-state index contributed by atoms with van der Waals surface area (Å²) >= 11 is 0. The molecule has 1 heterocycles. The lowest BCUT2D eigenvalue weighted by atomic mass is 10.2. The number of carboxylic acids is 1. The molecule has 5 nitrogen and oxygen atoms in total. The van der Waals surface area contributed by atoms with Crippen molar-refractivity contribution in [2.24, 2.45) is 0 Å². The van der Waals surface area contributed by atoms with Crippen molar-refractivity contribution >= 4 is 15.8 Å². The first-order valence-electron chi connectivity index (χ1n) is 5.42. The predicted octanol–water partition coefficient (Wildman–Crippen LogP) is 1.45. The lowest BCUT2D eigenvalue weighted by molar-refractivity contribution is 0.0685. The van der Waals surface area contributed by atoms with E-state index in [0.717, 1.165) is 12.8 Å². The number of carboxylic acid groups (broad SMARTS) is 1. The number of pyridine rings is 1. The molecule has 0 aromatic carbocycles. The van der Waals surface area contributed by atoms with E-state index >= 15 is 0 Å². The lowest BCUT2D eigenvalue weighted by Gasteiger charge is -2.07. The van der Waals surface area contributed by atoms with Crippen molar-refractivity contribution in [3.05, 3.63) is 23.5 Å². The number of sulfone groups is 1. The monoisotopic (exact) mass is 255 g/mol. The molecular weight excluding hydrogens is 242 g/mol. The van der Waals surface area contributed by atoms with Crippen LogP contribution >= 0.6 is 0 Å². The van der Waals surface area contributed by atoms with E-state index in [4.69, 9.17) is 5.11 Å². The molecule has 0 radical (unpaired) electrons. The van der Waals surface area contributed by atoms with Crippen molar-refractivity contribution in [3.63, 3.8) is 0 Å². The van der Waals surface area contributed by atoms with Gasteiger partial charge in [-0.1, -0.05) is 6.92 Å². The van der Waals surface area contributed by atoms with Crippen LogP contribution in [0.5, 0.6) is 0 Å². The van der Waals surface area contributed by atoms with Crippen LogP contribution in [0.1, 0.15) is 41.9 Å². The highest BCUT2D eigenvalue weighted by molar-refractivity contribution is 7.91. The molecule has 6 heteroatoms. The van der Waals surface area contributed by atoms with E-state index in [2.05, 4.69) is 4.98 Å². The standard InChI is InChI=1S/C11H13NO4S/c1-2-17(15,16)9-6-5-8(7-3-4-7)12-10(9)11(13)14/h5-7H,2-4H2,1H3,(H,13,14). The van der Waals surface area contributed by atoms with Crippen LogP contribution < -0.4 is 0 Å². The first kappa shape index (κ1) is 12.0. The molecule has 0 bridgehead atoms. The van der Waals surface area contributed by atoms with Crippen molar-refractivity contribution in [1.29, 1.82) is 0 Å². The molecule has 0 atom stereocenters. The summed E-state index contributed by atoms with van der Waals surface area (Å²) in [5.41, 5.74) is 0.328. The summed E-state index contributed by atoms with van der Waals surface area (Å²) in [6.45, 7) is 1.48. The third-order valence-electron chi connectivity index (χ3n) is 2.79. The van der Waals surface area contributed by atoms with Crippen molar-refractivity contribution in [2.75, 3.05) is 5.75 Å². The number of aromatic carboxylic acids is 1. The lowest BCUT2D eigenvalue weighted by Crippen LogP contribution is -2.13. The molecular formula is C11H13NO4S. The first-order chi connectivity index (χ1) is 7.95. The van der Waals surface area contributed by atoms with E-state index < -0.39 is 15.8 Å². The first-order valence-corrected chi connectivity index (χ1v) is 7.08. The van der Waals surface area contributed by atoms with Gasteiger partial charge in [0.15, 0.2) is 15.5 Å². The largest absolute Gasteiger partial charge is 0.476 e. The van der Waals surface area contributed by atoms with E-state index in [1.54, 1.807) is 6.07 Å². The SMILES string of the molecule is CCS(=O)(=O)c1ccc(C2CC2)nc1C(=O)O. The molecule has 1 aliphatic rings. The molecule has 1 N–H and O–H groups in total. The zero-order valence-corrected chi connectivity index (χ0v) is 10.2. The Balaban J connectivity index is 2.56. The Morgan fingerprint density at radius 3 is 2.59 bits per heavy atom. The van der Waals surface area contributed by atoms with Crippen LogP contribution in [-0.2, 0) is 9.84 Å². The Hall–Kier alpha value is -1.43. The summed E-state index contributed by atoms with van der Waals surface area (Å²) in [5.74, 6) is -1.12. The van der Waals surface area contributed by atoms with Crippen LogP contribution in [0.25, 0.3) is 0 Å². The molecule has 0 aliphatic heterocycles. The Labute approximate surface area is 99.4 Å². The Kier molecular flexibility index (Phi) is 2.91. The maximum atomic E-state index is 11.7. The average Bonchev–Trinajstić information content (AvgIpc) is 3.12. The quantitative estimate of drug-likeness (QED) is 0.880. The Morgan fingerprint density at radius 1 is 1.47 bits per heavy atom. The fourth-order valence-electron chi connectivity index (χ4n) is 1.63. The van der Waals surface area contributed by atoms with Gasteiger partial charge in [0, 0.05) is 11.6 Å². The van der Waals surface area contributed by atoms with Crippen molar-refractivity contribution in [1.82, 2.24) is 4.98 Å². The van der Waals surface area contributed by atoms with Gasteiger partial charge in [0.1, 0.15) is 4.90 Å². The maximum absolute atomic E-state index is 11.7. The molecule has 0 unspecified atom stereocenters. The van der Waals surface area contributed by atoms with Gasteiger partial charge < -0.3 is 5.11 Å². The van der Waals surface area contributed by atoms with E-state index in [0.29, 0.717) is 11.6 Å². The molecule has 0 spiro atoms. The van der Waals surface area contributed by atoms with E-state index in [1.165, 1.54) is 13.0 Å². The number of aromatic nitrogens is 1. The number of hydrogen-bond acceptors (Lipinski definition) is 4. The summed E-state index contributed by atoms with van der Waals surface area (Å²) < 4.78 is 23.4. The van der Waals surface area contributed by atoms with Crippen LogP contribution in [0, 0.1) is 0 Å². The average molecular weight is 255 g/mol. The van der Waals surface area contributed by atoms with Crippen LogP contribution in [0.2, 0.25) is 0 Å². The normalized spacial score (nSPS) is 15.8. The minimum Gasteiger partial charge on any atom is -0.476 e. The third kappa shape index (κ3) is 2.31. The van der Waals surface area contributed by atoms with Crippen molar-refractivity contribution in [2.45, 2.75) is 30.6 Å². The van der Waals surface area contributed by atoms with Gasteiger partial charge in [-0.25, -0.2) is 18.2 Å². The minimum absolute atomic E-state index is 0.127. The Bertz CT molecular complexity index is 561. The number of nitrogens with zero attached hydrogens (tertiary/aromatic N) is 1. The number of carbonyl (C=O) groups is 1. The van der Waals surface area contributed by atoms with Gasteiger partial charge in [-0.3, -0.25) is 0 Å². The fourth-order valence-corrected chi connectivity index (χ4v) is 2.64. The highest BCUT2D eigenvalue weighted by atomic mass is 32.2. The number of hydrogen-bond donors (Lipinski definition) is 1. The molecule has 1 aromatic rings. The molecule has 17 heavy (non-hydrogen) atoms. The van der Waals surface area contributed by atoms with Crippen LogP contribution in [0.15, 0.2) is 17.0 Å². The van der Waals surface area contributed by atoms with Gasteiger partial charge >= 0.3 is 5.97 Å². The maximum Gasteiger partial charge on any atom is 0.355 e. The van der Waals surface area contributed by atoms with Gasteiger partial charge in [0.2, 0.25) is 0 Å². The zero-order valence-electron chi connectivity index (χ0n) is 9.38. The van der Waals surface area contributed by atoms with Gasteiger partial charge in [0.25, 0.3) is 0 Å². The summed E-state index contributed by atoms with van der Waals surface area (Å²) in [6.07, 6.45) is 1.98. The molecule has 0 saturated heterocycles. The third-order valence-corrected chi connectivity index (χ3v) is 4.55. The Morgan fingerprint density at radius 2 is 2.12 bits per heavy atom. The minimum atomic E-state index is -3.54. The molecule has 0 amide bonds.